The van der Waals surface area contributed by atoms with Gasteiger partial charge in [-0.2, -0.15) is 0 Å². The molecular formula is C21H40N4O. The molecular weight excluding hydrogens is 324 g/mol. The maximum atomic E-state index is 5.67. The van der Waals surface area contributed by atoms with Gasteiger partial charge < -0.3 is 15.4 Å². The molecule has 0 aromatic heterocycles. The molecule has 0 unspecified atom stereocenters. The van der Waals surface area contributed by atoms with E-state index in [2.05, 4.69) is 27.4 Å². The first kappa shape index (κ1) is 19.9. The Kier molecular flexibility index (Phi) is 7.62. The molecule has 3 aliphatic rings. The minimum Gasteiger partial charge on any atom is -0.381 e. The molecule has 0 bridgehead atoms. The van der Waals surface area contributed by atoms with Crippen LogP contribution in [0.4, 0.5) is 0 Å². The monoisotopic (exact) mass is 364 g/mol. The molecule has 5 heteroatoms. The SMILES string of the molecule is CCCC1CCC(NC(=NC)NCC2(N3CCCC3)CCOCC2)CC1. The van der Waals surface area contributed by atoms with E-state index in [0.717, 1.165) is 44.5 Å². The highest BCUT2D eigenvalue weighted by atomic mass is 16.5. The van der Waals surface area contributed by atoms with Gasteiger partial charge in [0.25, 0.3) is 0 Å². The molecule has 0 spiro atoms. The first-order chi connectivity index (χ1) is 12.8. The van der Waals surface area contributed by atoms with Crippen molar-refractivity contribution in [1.29, 1.82) is 0 Å². The van der Waals surface area contributed by atoms with Gasteiger partial charge in [0.2, 0.25) is 0 Å². The summed E-state index contributed by atoms with van der Waals surface area (Å²) < 4.78 is 5.67. The highest BCUT2D eigenvalue weighted by Crippen LogP contribution is 2.31. The quantitative estimate of drug-likeness (QED) is 0.561. The van der Waals surface area contributed by atoms with Gasteiger partial charge in [0, 0.05) is 38.4 Å². The molecule has 0 radical (unpaired) electrons. The molecule has 0 amide bonds. The van der Waals surface area contributed by atoms with E-state index in [1.807, 2.05) is 7.05 Å². The number of guanidine groups is 1. The smallest absolute Gasteiger partial charge is 0.191 e. The second-order valence-electron chi connectivity index (χ2n) is 8.61. The topological polar surface area (TPSA) is 48.9 Å². The number of hydrogen-bond donors (Lipinski definition) is 2. The zero-order chi connectivity index (χ0) is 18.2. The van der Waals surface area contributed by atoms with Crippen molar-refractivity contribution in [2.75, 3.05) is 39.9 Å². The van der Waals surface area contributed by atoms with Crippen LogP contribution in [-0.2, 0) is 4.74 Å². The molecule has 5 nitrogen and oxygen atoms in total. The minimum atomic E-state index is 0.255. The fourth-order valence-electron chi connectivity index (χ4n) is 5.19. The summed E-state index contributed by atoms with van der Waals surface area (Å²) in [5, 5.41) is 7.39. The Hall–Kier alpha value is -0.810. The molecule has 2 N–H and O–H groups in total. The Labute approximate surface area is 160 Å². The van der Waals surface area contributed by atoms with Gasteiger partial charge in [-0.05, 0) is 70.4 Å². The summed E-state index contributed by atoms with van der Waals surface area (Å²) in [7, 11) is 1.91. The molecule has 0 aromatic rings. The third-order valence-electron chi connectivity index (χ3n) is 6.89. The standard InChI is InChI=1S/C21H40N4O/c1-3-6-18-7-9-19(10-8-18)24-20(22-2)23-17-21(11-15-26-16-12-21)25-13-4-5-14-25/h18-19H,3-17H2,1-2H3,(H2,22,23,24). The summed E-state index contributed by atoms with van der Waals surface area (Å²) in [6, 6.07) is 0.590. The summed E-state index contributed by atoms with van der Waals surface area (Å²) >= 11 is 0. The Balaban J connectivity index is 1.49. The van der Waals surface area contributed by atoms with Crippen LogP contribution < -0.4 is 10.6 Å². The normalized spacial score (nSPS) is 30.3. The van der Waals surface area contributed by atoms with Gasteiger partial charge in [-0.1, -0.05) is 19.8 Å². The maximum Gasteiger partial charge on any atom is 0.191 e. The molecule has 1 saturated carbocycles. The number of likely N-dealkylation sites (tertiary alicyclic amines) is 1. The van der Waals surface area contributed by atoms with Crippen molar-refractivity contribution in [3.8, 4) is 0 Å². The zero-order valence-electron chi connectivity index (χ0n) is 17.1. The van der Waals surface area contributed by atoms with Crippen LogP contribution in [-0.4, -0.2) is 62.3 Å². The Morgan fingerprint density at radius 2 is 1.81 bits per heavy atom. The van der Waals surface area contributed by atoms with E-state index in [1.165, 1.54) is 64.5 Å². The number of rotatable bonds is 6. The van der Waals surface area contributed by atoms with Crippen molar-refractivity contribution in [2.45, 2.75) is 82.7 Å². The van der Waals surface area contributed by atoms with Crippen LogP contribution in [0.15, 0.2) is 4.99 Å². The van der Waals surface area contributed by atoms with Crippen LogP contribution in [0.3, 0.4) is 0 Å². The lowest BCUT2D eigenvalue weighted by Crippen LogP contribution is -2.59. The number of hydrogen-bond acceptors (Lipinski definition) is 3. The molecule has 150 valence electrons. The summed E-state index contributed by atoms with van der Waals surface area (Å²) in [5.74, 6) is 1.95. The summed E-state index contributed by atoms with van der Waals surface area (Å²) in [5.41, 5.74) is 0.255. The fourth-order valence-corrected chi connectivity index (χ4v) is 5.19. The molecule has 0 aromatic carbocycles. The van der Waals surface area contributed by atoms with Gasteiger partial charge in [-0.3, -0.25) is 9.89 Å². The van der Waals surface area contributed by atoms with Crippen molar-refractivity contribution in [2.24, 2.45) is 10.9 Å². The summed E-state index contributed by atoms with van der Waals surface area (Å²) in [6.07, 6.45) is 13.0. The maximum absolute atomic E-state index is 5.67. The first-order valence-corrected chi connectivity index (χ1v) is 11.1. The van der Waals surface area contributed by atoms with Gasteiger partial charge in [0.15, 0.2) is 5.96 Å². The van der Waals surface area contributed by atoms with Gasteiger partial charge in [0.1, 0.15) is 0 Å². The predicted octanol–water partition coefficient (Wildman–Crippen LogP) is 3.16. The highest BCUT2D eigenvalue weighted by molar-refractivity contribution is 5.80. The molecule has 0 atom stereocenters. The van der Waals surface area contributed by atoms with Crippen LogP contribution in [0.1, 0.15) is 71.1 Å². The zero-order valence-corrected chi connectivity index (χ0v) is 17.1. The second-order valence-corrected chi connectivity index (χ2v) is 8.61. The average molecular weight is 365 g/mol. The second kappa shape index (κ2) is 9.93. The summed E-state index contributed by atoms with van der Waals surface area (Å²) in [4.78, 5) is 7.24. The van der Waals surface area contributed by atoms with Gasteiger partial charge in [-0.15, -0.1) is 0 Å². The third-order valence-corrected chi connectivity index (χ3v) is 6.89. The molecule has 2 aliphatic heterocycles. The van der Waals surface area contributed by atoms with E-state index in [-0.39, 0.29) is 5.54 Å². The van der Waals surface area contributed by atoms with E-state index in [0.29, 0.717) is 6.04 Å². The van der Waals surface area contributed by atoms with Crippen LogP contribution in [0, 0.1) is 5.92 Å². The minimum absolute atomic E-state index is 0.255. The lowest BCUT2D eigenvalue weighted by Gasteiger charge is -2.45. The molecule has 1 aliphatic carbocycles. The number of aliphatic imine (C=N–C) groups is 1. The van der Waals surface area contributed by atoms with E-state index < -0.39 is 0 Å². The number of nitrogens with one attached hydrogen (secondary N) is 2. The largest absolute Gasteiger partial charge is 0.381 e. The highest BCUT2D eigenvalue weighted by Gasteiger charge is 2.39. The van der Waals surface area contributed by atoms with Crippen molar-refractivity contribution < 1.29 is 4.74 Å². The van der Waals surface area contributed by atoms with Crippen LogP contribution in [0.2, 0.25) is 0 Å². The average Bonchev–Trinajstić information content (AvgIpc) is 3.23. The van der Waals surface area contributed by atoms with E-state index in [9.17, 15) is 0 Å². The number of ether oxygens (including phenoxy) is 1. The van der Waals surface area contributed by atoms with Crippen LogP contribution in [0.5, 0.6) is 0 Å². The number of nitrogens with zero attached hydrogens (tertiary/aromatic N) is 2. The Bertz CT molecular complexity index is 433. The fraction of sp³-hybridized carbons (Fsp3) is 0.952. The third kappa shape index (κ3) is 5.13. The van der Waals surface area contributed by atoms with Crippen molar-refractivity contribution in [3.05, 3.63) is 0 Å². The van der Waals surface area contributed by atoms with E-state index in [1.54, 1.807) is 0 Å². The van der Waals surface area contributed by atoms with E-state index in [4.69, 9.17) is 4.74 Å². The summed E-state index contributed by atoms with van der Waals surface area (Å²) in [6.45, 7) is 7.57. The molecule has 3 fully saturated rings. The van der Waals surface area contributed by atoms with Crippen molar-refractivity contribution in [1.82, 2.24) is 15.5 Å². The van der Waals surface area contributed by atoms with Crippen molar-refractivity contribution in [3.63, 3.8) is 0 Å². The Morgan fingerprint density at radius 1 is 1.12 bits per heavy atom. The molecule has 26 heavy (non-hydrogen) atoms. The first-order valence-electron chi connectivity index (χ1n) is 11.1. The lowest BCUT2D eigenvalue weighted by molar-refractivity contribution is -0.0164. The Morgan fingerprint density at radius 3 is 2.42 bits per heavy atom. The molecule has 2 saturated heterocycles. The lowest BCUT2D eigenvalue weighted by atomic mass is 9.83. The molecule has 2 heterocycles. The van der Waals surface area contributed by atoms with Crippen LogP contribution >= 0.6 is 0 Å². The molecule has 3 rings (SSSR count). The van der Waals surface area contributed by atoms with Gasteiger partial charge in [0.05, 0.1) is 0 Å². The van der Waals surface area contributed by atoms with Crippen LogP contribution in [0.25, 0.3) is 0 Å². The van der Waals surface area contributed by atoms with Gasteiger partial charge >= 0.3 is 0 Å². The predicted molar refractivity (Wildman–Crippen MR) is 109 cm³/mol. The van der Waals surface area contributed by atoms with Gasteiger partial charge in [-0.25, -0.2) is 0 Å². The van der Waals surface area contributed by atoms with Crippen molar-refractivity contribution >= 4 is 5.96 Å². The van der Waals surface area contributed by atoms with E-state index >= 15 is 0 Å².